The number of fused-ring (bicyclic) bond motifs is 2. The lowest BCUT2D eigenvalue weighted by molar-refractivity contribution is 0.0529. The number of amides is 1. The van der Waals surface area contributed by atoms with Crippen molar-refractivity contribution in [2.45, 2.75) is 13.5 Å². The van der Waals surface area contributed by atoms with Crippen molar-refractivity contribution in [3.05, 3.63) is 102 Å². The van der Waals surface area contributed by atoms with Gasteiger partial charge in [0.15, 0.2) is 5.65 Å². The van der Waals surface area contributed by atoms with Crippen molar-refractivity contribution in [3.63, 3.8) is 0 Å². The van der Waals surface area contributed by atoms with Crippen molar-refractivity contribution in [2.24, 2.45) is 0 Å². The van der Waals surface area contributed by atoms with E-state index in [-0.39, 0.29) is 18.1 Å². The van der Waals surface area contributed by atoms with Crippen molar-refractivity contribution in [3.8, 4) is 0 Å². The summed E-state index contributed by atoms with van der Waals surface area (Å²) < 4.78 is 7.18. The summed E-state index contributed by atoms with van der Waals surface area (Å²) in [6.07, 6.45) is 0. The molecule has 0 aliphatic carbocycles. The fourth-order valence-electron chi connectivity index (χ4n) is 3.92. The Morgan fingerprint density at radius 2 is 1.47 bits per heavy atom. The fourth-order valence-corrected chi connectivity index (χ4v) is 3.92. The van der Waals surface area contributed by atoms with Crippen LogP contribution in [-0.4, -0.2) is 33.0 Å². The Labute approximate surface area is 196 Å². The second-order valence-corrected chi connectivity index (χ2v) is 7.72. The molecule has 0 radical (unpaired) electrons. The van der Waals surface area contributed by atoms with Crippen LogP contribution in [0.3, 0.4) is 0 Å². The predicted molar refractivity (Wildman–Crippen MR) is 131 cm³/mol. The first-order chi connectivity index (χ1) is 16.7. The van der Waals surface area contributed by atoms with Crippen LogP contribution in [0.25, 0.3) is 22.2 Å². The molecule has 0 atom stereocenters. The number of ether oxygens (including phenoxy) is 1. The van der Waals surface area contributed by atoms with Gasteiger partial charge in [0.1, 0.15) is 16.9 Å². The van der Waals surface area contributed by atoms with Crippen molar-refractivity contribution in [2.75, 3.05) is 11.9 Å². The Morgan fingerprint density at radius 3 is 2.15 bits per heavy atom. The molecule has 34 heavy (non-hydrogen) atoms. The Kier molecular flexibility index (Phi) is 5.74. The van der Waals surface area contributed by atoms with Crippen LogP contribution in [0, 0.1) is 0 Å². The van der Waals surface area contributed by atoms with Gasteiger partial charge in [0, 0.05) is 5.56 Å². The van der Waals surface area contributed by atoms with Crippen molar-refractivity contribution in [1.29, 1.82) is 0 Å². The number of hydrogen-bond acceptors (Lipinski definition) is 5. The number of hydrogen-bond donors (Lipinski definition) is 1. The molecule has 0 unspecified atom stereocenters. The van der Waals surface area contributed by atoms with E-state index in [1.54, 1.807) is 31.2 Å². The van der Waals surface area contributed by atoms with E-state index in [0.29, 0.717) is 40.1 Å². The first-order valence-electron chi connectivity index (χ1n) is 11.0. The van der Waals surface area contributed by atoms with E-state index in [0.717, 1.165) is 5.56 Å². The van der Waals surface area contributed by atoms with Gasteiger partial charge < -0.3 is 14.6 Å². The summed E-state index contributed by atoms with van der Waals surface area (Å²) in [5, 5.41) is 2.94. The molecule has 5 rings (SSSR count). The highest BCUT2D eigenvalue weighted by atomic mass is 16.5. The van der Waals surface area contributed by atoms with Crippen LogP contribution >= 0.6 is 0 Å². The molecular formula is C27H22N4O3. The van der Waals surface area contributed by atoms with Gasteiger partial charge in [0.05, 0.1) is 24.2 Å². The molecule has 168 valence electrons. The summed E-state index contributed by atoms with van der Waals surface area (Å²) in [7, 11) is 0. The Balaban J connectivity index is 1.76. The molecule has 2 aromatic heterocycles. The van der Waals surface area contributed by atoms with Gasteiger partial charge in [-0.25, -0.2) is 14.8 Å². The van der Waals surface area contributed by atoms with Crippen LogP contribution in [0.4, 0.5) is 5.82 Å². The van der Waals surface area contributed by atoms with Crippen LogP contribution < -0.4 is 5.32 Å². The van der Waals surface area contributed by atoms with Crippen molar-refractivity contribution >= 4 is 39.9 Å². The van der Waals surface area contributed by atoms with E-state index in [4.69, 9.17) is 14.7 Å². The largest absolute Gasteiger partial charge is 0.462 e. The number of benzene rings is 3. The lowest BCUT2D eigenvalue weighted by atomic mass is 10.2. The monoisotopic (exact) mass is 450 g/mol. The van der Waals surface area contributed by atoms with Gasteiger partial charge in [0.25, 0.3) is 5.91 Å². The third-order valence-corrected chi connectivity index (χ3v) is 5.48. The molecule has 3 aromatic carbocycles. The van der Waals surface area contributed by atoms with Gasteiger partial charge in [-0.05, 0) is 36.8 Å². The second kappa shape index (κ2) is 9.15. The summed E-state index contributed by atoms with van der Waals surface area (Å²) in [4.78, 5) is 35.9. The van der Waals surface area contributed by atoms with Gasteiger partial charge in [-0.3, -0.25) is 4.79 Å². The number of anilines is 1. The van der Waals surface area contributed by atoms with Crippen molar-refractivity contribution < 1.29 is 14.3 Å². The average Bonchev–Trinajstić information content (AvgIpc) is 3.15. The molecule has 5 aromatic rings. The smallest absolute Gasteiger partial charge is 0.344 e. The van der Waals surface area contributed by atoms with Gasteiger partial charge >= 0.3 is 5.97 Å². The Morgan fingerprint density at radius 1 is 0.853 bits per heavy atom. The lowest BCUT2D eigenvalue weighted by Crippen LogP contribution is -2.18. The molecule has 7 nitrogen and oxygen atoms in total. The number of carbonyl (C=O) groups excluding carboxylic acids is 2. The number of rotatable bonds is 6. The predicted octanol–water partition coefficient (Wildman–Crippen LogP) is 5.06. The van der Waals surface area contributed by atoms with Crippen LogP contribution in [0.1, 0.15) is 33.2 Å². The van der Waals surface area contributed by atoms with Gasteiger partial charge in [-0.15, -0.1) is 0 Å². The minimum atomic E-state index is -0.563. The molecule has 1 amide bonds. The third-order valence-electron chi connectivity index (χ3n) is 5.48. The fraction of sp³-hybridized carbons (Fsp3) is 0.111. The second-order valence-electron chi connectivity index (χ2n) is 7.72. The normalized spacial score (nSPS) is 11.0. The number of aromatic nitrogens is 3. The average molecular weight is 450 g/mol. The van der Waals surface area contributed by atoms with Crippen LogP contribution in [-0.2, 0) is 11.3 Å². The highest BCUT2D eigenvalue weighted by molar-refractivity contribution is 6.13. The maximum Gasteiger partial charge on any atom is 0.344 e. The highest BCUT2D eigenvalue weighted by Crippen LogP contribution is 2.32. The molecule has 0 spiro atoms. The molecule has 0 saturated heterocycles. The molecular weight excluding hydrogens is 428 g/mol. The minimum Gasteiger partial charge on any atom is -0.462 e. The molecule has 0 aliphatic rings. The van der Waals surface area contributed by atoms with Crippen LogP contribution in [0.2, 0.25) is 0 Å². The molecule has 0 aliphatic heterocycles. The molecule has 7 heteroatoms. The summed E-state index contributed by atoms with van der Waals surface area (Å²) >= 11 is 0. The zero-order valence-corrected chi connectivity index (χ0v) is 18.6. The molecule has 2 heterocycles. The van der Waals surface area contributed by atoms with E-state index < -0.39 is 5.97 Å². The Hall–Kier alpha value is -4.52. The molecule has 0 saturated carbocycles. The van der Waals surface area contributed by atoms with E-state index in [9.17, 15) is 9.59 Å². The van der Waals surface area contributed by atoms with Gasteiger partial charge in [-0.1, -0.05) is 60.7 Å². The standard InChI is InChI=1S/C27H22N4O3/c1-2-34-27(33)22-23-25(29-21-16-10-9-15-20(21)28-23)31(17-18-11-5-3-6-12-18)24(22)30-26(32)19-13-7-4-8-14-19/h3-16H,2,17H2,1H3,(H,30,32). The summed E-state index contributed by atoms with van der Waals surface area (Å²) in [5.41, 5.74) is 3.87. The van der Waals surface area contributed by atoms with Crippen LogP contribution in [0.15, 0.2) is 84.9 Å². The topological polar surface area (TPSA) is 86.1 Å². The van der Waals surface area contributed by atoms with E-state index >= 15 is 0 Å². The maximum atomic E-state index is 13.1. The molecule has 0 bridgehead atoms. The summed E-state index contributed by atoms with van der Waals surface area (Å²) in [6, 6.07) is 26.1. The van der Waals surface area contributed by atoms with Crippen molar-refractivity contribution in [1.82, 2.24) is 14.5 Å². The number of nitrogens with zero attached hydrogens (tertiary/aromatic N) is 3. The van der Waals surface area contributed by atoms with Gasteiger partial charge in [-0.2, -0.15) is 0 Å². The SMILES string of the molecule is CCOC(=O)c1c(NC(=O)c2ccccc2)n(Cc2ccccc2)c2nc3ccccc3nc12. The Bertz CT molecular complexity index is 1490. The first-order valence-corrected chi connectivity index (χ1v) is 11.0. The quantitative estimate of drug-likeness (QED) is 0.365. The van der Waals surface area contributed by atoms with Crippen LogP contribution in [0.5, 0.6) is 0 Å². The minimum absolute atomic E-state index is 0.190. The van der Waals surface area contributed by atoms with E-state index in [1.807, 2.05) is 65.2 Å². The number of esters is 1. The number of para-hydroxylation sites is 2. The lowest BCUT2D eigenvalue weighted by Gasteiger charge is -2.13. The summed E-state index contributed by atoms with van der Waals surface area (Å²) in [6.45, 7) is 2.32. The zero-order chi connectivity index (χ0) is 23.5. The van der Waals surface area contributed by atoms with Gasteiger partial charge in [0.2, 0.25) is 0 Å². The number of carbonyl (C=O) groups is 2. The maximum absolute atomic E-state index is 13.1. The van der Waals surface area contributed by atoms with E-state index in [2.05, 4.69) is 5.32 Å². The molecule has 1 N–H and O–H groups in total. The summed E-state index contributed by atoms with van der Waals surface area (Å²) in [5.74, 6) is -0.596. The third kappa shape index (κ3) is 3.99. The zero-order valence-electron chi connectivity index (χ0n) is 18.6. The molecule has 0 fully saturated rings. The first kappa shape index (κ1) is 21.3. The number of nitrogens with one attached hydrogen (secondary N) is 1. The van der Waals surface area contributed by atoms with E-state index in [1.165, 1.54) is 0 Å². The highest BCUT2D eigenvalue weighted by Gasteiger charge is 2.28.